The monoisotopic (exact) mass is 262 g/mol. The Morgan fingerprint density at radius 1 is 0.684 bits per heavy atom. The van der Waals surface area contributed by atoms with E-state index in [1.165, 1.54) is 21.6 Å². The highest BCUT2D eigenvalue weighted by Gasteiger charge is 2.03. The Labute approximate surface area is 117 Å². The van der Waals surface area contributed by atoms with Crippen molar-refractivity contribution >= 4 is 23.5 Å². The molecule has 1 heterocycles. The van der Waals surface area contributed by atoms with Crippen molar-refractivity contribution in [1.82, 2.24) is 0 Å². The van der Waals surface area contributed by atoms with Crippen LogP contribution in [0.5, 0.6) is 0 Å². The number of hydrogen-bond acceptors (Lipinski definition) is 1. The molecule has 0 saturated heterocycles. The molecule has 3 rings (SSSR count). The van der Waals surface area contributed by atoms with Crippen molar-refractivity contribution in [3.63, 3.8) is 0 Å². The summed E-state index contributed by atoms with van der Waals surface area (Å²) >= 11 is 1.78. The minimum absolute atomic E-state index is 1.23. The molecule has 0 fully saturated rings. The van der Waals surface area contributed by atoms with Crippen molar-refractivity contribution in [1.29, 1.82) is 0 Å². The summed E-state index contributed by atoms with van der Waals surface area (Å²) in [4.78, 5) is 1.30. The van der Waals surface area contributed by atoms with Gasteiger partial charge in [-0.1, -0.05) is 66.7 Å². The quantitative estimate of drug-likeness (QED) is 0.577. The number of thiophene rings is 1. The second kappa shape index (κ2) is 5.68. The van der Waals surface area contributed by atoms with E-state index < -0.39 is 0 Å². The summed E-state index contributed by atoms with van der Waals surface area (Å²) in [6.45, 7) is 0. The molecule has 0 nitrogen and oxygen atoms in total. The molecule has 0 N–H and O–H groups in total. The van der Waals surface area contributed by atoms with Crippen LogP contribution in [0.15, 0.2) is 72.1 Å². The predicted octanol–water partition coefficient (Wildman–Crippen LogP) is 5.59. The number of hydrogen-bond donors (Lipinski definition) is 0. The maximum absolute atomic E-state index is 2.20. The fourth-order valence-electron chi connectivity index (χ4n) is 2.04. The zero-order chi connectivity index (χ0) is 12.9. The lowest BCUT2D eigenvalue weighted by Gasteiger charge is -2.00. The second-order valence-corrected chi connectivity index (χ2v) is 5.26. The summed E-state index contributed by atoms with van der Waals surface area (Å²) in [6.07, 6.45) is 4.36. The average Bonchev–Trinajstić information content (AvgIpc) is 2.95. The van der Waals surface area contributed by atoms with E-state index in [0.717, 1.165) is 0 Å². The standard InChI is InChI=1S/C18H14S/c1-3-7-15(8-4-1)11-12-18-17(13-14-19-18)16-9-5-2-6-10-16/h1-14H/b12-11+. The Kier molecular flexibility index (Phi) is 3.57. The van der Waals surface area contributed by atoms with Crippen LogP contribution in [0.1, 0.15) is 10.4 Å². The molecule has 0 amide bonds. The van der Waals surface area contributed by atoms with Gasteiger partial charge in [-0.25, -0.2) is 0 Å². The topological polar surface area (TPSA) is 0 Å². The van der Waals surface area contributed by atoms with Gasteiger partial charge >= 0.3 is 0 Å². The summed E-state index contributed by atoms with van der Waals surface area (Å²) in [6, 6.07) is 23.1. The first-order chi connectivity index (χ1) is 9.43. The third-order valence-corrected chi connectivity index (χ3v) is 3.89. The highest BCUT2D eigenvalue weighted by molar-refractivity contribution is 7.11. The van der Waals surface area contributed by atoms with Gasteiger partial charge in [-0.15, -0.1) is 11.3 Å². The molecule has 0 aliphatic carbocycles. The first kappa shape index (κ1) is 11.9. The lowest BCUT2D eigenvalue weighted by Crippen LogP contribution is -1.75. The van der Waals surface area contributed by atoms with Gasteiger partial charge in [-0.2, -0.15) is 0 Å². The van der Waals surface area contributed by atoms with E-state index in [2.05, 4.69) is 78.2 Å². The summed E-state index contributed by atoms with van der Waals surface area (Å²) in [5.74, 6) is 0. The normalized spacial score (nSPS) is 10.9. The third kappa shape index (κ3) is 2.83. The van der Waals surface area contributed by atoms with Gasteiger partial charge < -0.3 is 0 Å². The van der Waals surface area contributed by atoms with Gasteiger partial charge in [0.1, 0.15) is 0 Å². The van der Waals surface area contributed by atoms with Crippen LogP contribution < -0.4 is 0 Å². The van der Waals surface area contributed by atoms with Gasteiger partial charge in [0.15, 0.2) is 0 Å². The average molecular weight is 262 g/mol. The fourth-order valence-corrected chi connectivity index (χ4v) is 2.85. The third-order valence-electron chi connectivity index (χ3n) is 3.01. The minimum atomic E-state index is 1.23. The van der Waals surface area contributed by atoms with Crippen LogP contribution in [0.3, 0.4) is 0 Å². The molecule has 3 aromatic rings. The Morgan fingerprint density at radius 3 is 2.11 bits per heavy atom. The van der Waals surface area contributed by atoms with Crippen molar-refractivity contribution in [2.45, 2.75) is 0 Å². The molecule has 0 spiro atoms. The zero-order valence-electron chi connectivity index (χ0n) is 10.5. The van der Waals surface area contributed by atoms with E-state index in [4.69, 9.17) is 0 Å². The minimum Gasteiger partial charge on any atom is -0.144 e. The van der Waals surface area contributed by atoms with E-state index in [-0.39, 0.29) is 0 Å². The molecule has 1 aromatic heterocycles. The molecule has 0 radical (unpaired) electrons. The molecule has 0 aliphatic rings. The molecule has 2 aromatic carbocycles. The van der Waals surface area contributed by atoms with Crippen LogP contribution in [0.25, 0.3) is 23.3 Å². The zero-order valence-corrected chi connectivity index (χ0v) is 11.3. The van der Waals surface area contributed by atoms with Gasteiger partial charge in [0.2, 0.25) is 0 Å². The molecule has 0 aliphatic heterocycles. The maximum atomic E-state index is 2.20. The Balaban J connectivity index is 1.91. The summed E-state index contributed by atoms with van der Waals surface area (Å²) in [5, 5.41) is 2.15. The van der Waals surface area contributed by atoms with Gasteiger partial charge in [-0.3, -0.25) is 0 Å². The number of benzene rings is 2. The van der Waals surface area contributed by atoms with Crippen molar-refractivity contribution in [3.05, 3.63) is 82.6 Å². The first-order valence-electron chi connectivity index (χ1n) is 6.29. The number of rotatable bonds is 3. The van der Waals surface area contributed by atoms with Gasteiger partial charge in [0.05, 0.1) is 0 Å². The Morgan fingerprint density at radius 2 is 1.37 bits per heavy atom. The van der Waals surface area contributed by atoms with Gasteiger partial charge in [-0.05, 0) is 34.2 Å². The Bertz CT molecular complexity index is 663. The van der Waals surface area contributed by atoms with Crippen molar-refractivity contribution in [2.24, 2.45) is 0 Å². The maximum Gasteiger partial charge on any atom is 0.0348 e. The van der Waals surface area contributed by atoms with Crippen molar-refractivity contribution in [2.75, 3.05) is 0 Å². The van der Waals surface area contributed by atoms with Gasteiger partial charge in [0.25, 0.3) is 0 Å². The molecular formula is C18H14S. The largest absolute Gasteiger partial charge is 0.144 e. The van der Waals surface area contributed by atoms with Crippen LogP contribution in [-0.4, -0.2) is 0 Å². The van der Waals surface area contributed by atoms with Crippen molar-refractivity contribution in [3.8, 4) is 11.1 Å². The van der Waals surface area contributed by atoms with Crippen LogP contribution in [0, 0.1) is 0 Å². The predicted molar refractivity (Wildman–Crippen MR) is 85.1 cm³/mol. The molecule has 0 saturated carbocycles. The van der Waals surface area contributed by atoms with E-state index in [9.17, 15) is 0 Å². The highest BCUT2D eigenvalue weighted by Crippen LogP contribution is 2.29. The highest BCUT2D eigenvalue weighted by atomic mass is 32.1. The summed E-state index contributed by atoms with van der Waals surface area (Å²) in [5.41, 5.74) is 3.81. The van der Waals surface area contributed by atoms with Crippen LogP contribution in [-0.2, 0) is 0 Å². The van der Waals surface area contributed by atoms with E-state index in [0.29, 0.717) is 0 Å². The lowest BCUT2D eigenvalue weighted by molar-refractivity contribution is 1.66. The second-order valence-electron chi connectivity index (χ2n) is 4.31. The molecule has 0 unspecified atom stereocenters. The van der Waals surface area contributed by atoms with E-state index >= 15 is 0 Å². The molecule has 92 valence electrons. The lowest BCUT2D eigenvalue weighted by atomic mass is 10.1. The van der Waals surface area contributed by atoms with E-state index in [1.807, 2.05) is 6.07 Å². The molecule has 0 atom stereocenters. The van der Waals surface area contributed by atoms with Crippen molar-refractivity contribution < 1.29 is 0 Å². The molecule has 19 heavy (non-hydrogen) atoms. The summed E-state index contributed by atoms with van der Waals surface area (Å²) < 4.78 is 0. The van der Waals surface area contributed by atoms with Crippen LogP contribution in [0.2, 0.25) is 0 Å². The first-order valence-corrected chi connectivity index (χ1v) is 7.17. The molecular weight excluding hydrogens is 248 g/mol. The Hall–Kier alpha value is -2.12. The van der Waals surface area contributed by atoms with Crippen LogP contribution >= 0.6 is 11.3 Å². The fraction of sp³-hybridized carbons (Fsp3) is 0. The van der Waals surface area contributed by atoms with E-state index in [1.54, 1.807) is 11.3 Å². The van der Waals surface area contributed by atoms with Crippen LogP contribution in [0.4, 0.5) is 0 Å². The summed E-state index contributed by atoms with van der Waals surface area (Å²) in [7, 11) is 0. The molecule has 0 bridgehead atoms. The smallest absolute Gasteiger partial charge is 0.0348 e. The molecule has 1 heteroatoms. The SMILES string of the molecule is C(=C\c1sccc1-c1ccccc1)/c1ccccc1. The van der Waals surface area contributed by atoms with Gasteiger partial charge in [0, 0.05) is 4.88 Å².